The van der Waals surface area contributed by atoms with Gasteiger partial charge in [0.25, 0.3) is 0 Å². The van der Waals surface area contributed by atoms with Gasteiger partial charge < -0.3 is 20.5 Å². The number of nitrogens with two attached hydrogens (primary N) is 1. The van der Waals surface area contributed by atoms with Gasteiger partial charge in [0.2, 0.25) is 5.91 Å². The Morgan fingerprint density at radius 1 is 1.67 bits per heavy atom. The highest BCUT2D eigenvalue weighted by atomic mass is 35.5. The van der Waals surface area contributed by atoms with Crippen molar-refractivity contribution in [2.45, 2.75) is 39.2 Å². The summed E-state index contributed by atoms with van der Waals surface area (Å²) in [4.78, 5) is 14.2. The molecule has 0 aliphatic carbocycles. The molecule has 1 aromatic heterocycles. The zero-order valence-corrected chi connectivity index (χ0v) is 13.5. The first kappa shape index (κ1) is 17.9. The predicted molar refractivity (Wildman–Crippen MR) is 84.5 cm³/mol. The number of aryl methyl sites for hydroxylation is 1. The second-order valence-electron chi connectivity index (χ2n) is 5.68. The van der Waals surface area contributed by atoms with Crippen molar-refractivity contribution in [2.75, 3.05) is 25.0 Å². The van der Waals surface area contributed by atoms with Gasteiger partial charge in [-0.05, 0) is 39.2 Å². The van der Waals surface area contributed by atoms with Crippen molar-refractivity contribution < 1.29 is 9.32 Å². The Balaban J connectivity index is 0.00000220. The molecule has 0 radical (unpaired) electrons. The zero-order chi connectivity index (χ0) is 14.5. The lowest BCUT2D eigenvalue weighted by atomic mass is 9.92. The Bertz CT molecular complexity index is 450. The van der Waals surface area contributed by atoms with Crippen molar-refractivity contribution in [3.05, 3.63) is 11.8 Å². The molecule has 1 aromatic rings. The monoisotopic (exact) mass is 316 g/mol. The average molecular weight is 317 g/mol. The number of amides is 1. The summed E-state index contributed by atoms with van der Waals surface area (Å²) in [5.74, 6) is 1.70. The molecule has 120 valence electrons. The Hall–Kier alpha value is -1.11. The number of carbonyl (C=O) groups is 1. The largest absolute Gasteiger partial charge is 0.360 e. The lowest BCUT2D eigenvalue weighted by Crippen LogP contribution is -2.43. The van der Waals surface area contributed by atoms with Gasteiger partial charge in [0.1, 0.15) is 5.76 Å². The Labute approximate surface area is 131 Å². The summed E-state index contributed by atoms with van der Waals surface area (Å²) in [5, 5.41) is 6.49. The fourth-order valence-electron chi connectivity index (χ4n) is 2.61. The van der Waals surface area contributed by atoms with E-state index in [2.05, 4.69) is 22.3 Å². The normalized spacial score (nSPS) is 20.6. The number of aromatic nitrogens is 1. The van der Waals surface area contributed by atoms with Crippen molar-refractivity contribution in [3.63, 3.8) is 0 Å². The van der Waals surface area contributed by atoms with E-state index in [9.17, 15) is 4.79 Å². The van der Waals surface area contributed by atoms with E-state index in [4.69, 9.17) is 10.3 Å². The molecule has 6 nitrogen and oxygen atoms in total. The van der Waals surface area contributed by atoms with Crippen LogP contribution in [0.1, 0.15) is 31.9 Å². The highest BCUT2D eigenvalue weighted by Gasteiger charge is 2.22. The van der Waals surface area contributed by atoms with E-state index in [0.29, 0.717) is 23.9 Å². The second-order valence-corrected chi connectivity index (χ2v) is 5.68. The standard InChI is InChI=1S/C14H24N4O2.ClH/c1-10-8-13(17-20-10)16-14(19)5-7-18-6-3-4-12(9-18)11(2)15;/h8,11-12H,3-7,9,15H2,1-2H3,(H,16,17,19);1H. The molecule has 2 atom stereocenters. The average Bonchev–Trinajstić information content (AvgIpc) is 2.82. The van der Waals surface area contributed by atoms with Crippen LogP contribution in [0.4, 0.5) is 5.82 Å². The summed E-state index contributed by atoms with van der Waals surface area (Å²) in [5.41, 5.74) is 5.97. The van der Waals surface area contributed by atoms with Gasteiger partial charge in [0.15, 0.2) is 5.82 Å². The van der Waals surface area contributed by atoms with Crippen LogP contribution in [-0.2, 0) is 4.79 Å². The number of likely N-dealkylation sites (tertiary alicyclic amines) is 1. The van der Waals surface area contributed by atoms with Gasteiger partial charge in [-0.2, -0.15) is 0 Å². The SMILES string of the molecule is Cc1cc(NC(=O)CCN2CCCC(C(C)N)C2)no1.Cl. The number of anilines is 1. The molecule has 2 rings (SSSR count). The Kier molecular flexibility index (Phi) is 7.14. The summed E-state index contributed by atoms with van der Waals surface area (Å²) in [6, 6.07) is 1.94. The summed E-state index contributed by atoms with van der Waals surface area (Å²) in [6.45, 7) is 6.68. The fourth-order valence-corrected chi connectivity index (χ4v) is 2.61. The molecular formula is C14H25ClN4O2. The molecule has 7 heteroatoms. The van der Waals surface area contributed by atoms with Crippen molar-refractivity contribution in [1.82, 2.24) is 10.1 Å². The third kappa shape index (κ3) is 5.65. The van der Waals surface area contributed by atoms with Crippen LogP contribution in [0.5, 0.6) is 0 Å². The first-order valence-corrected chi connectivity index (χ1v) is 7.25. The highest BCUT2D eigenvalue weighted by molar-refractivity contribution is 5.89. The van der Waals surface area contributed by atoms with Crippen LogP contribution in [0.15, 0.2) is 10.6 Å². The zero-order valence-electron chi connectivity index (χ0n) is 12.7. The third-order valence-electron chi connectivity index (χ3n) is 3.84. The van der Waals surface area contributed by atoms with E-state index in [1.165, 1.54) is 6.42 Å². The summed E-state index contributed by atoms with van der Waals surface area (Å²) in [6.07, 6.45) is 2.83. The Morgan fingerprint density at radius 2 is 2.43 bits per heavy atom. The highest BCUT2D eigenvalue weighted by Crippen LogP contribution is 2.18. The smallest absolute Gasteiger partial charge is 0.226 e. The van der Waals surface area contributed by atoms with Crippen molar-refractivity contribution in [3.8, 4) is 0 Å². The molecule has 0 bridgehead atoms. The first-order chi connectivity index (χ1) is 9.54. The van der Waals surface area contributed by atoms with Crippen molar-refractivity contribution in [2.24, 2.45) is 11.7 Å². The second kappa shape index (κ2) is 8.36. The lowest BCUT2D eigenvalue weighted by Gasteiger charge is -2.34. The lowest BCUT2D eigenvalue weighted by molar-refractivity contribution is -0.116. The van der Waals surface area contributed by atoms with E-state index in [1.54, 1.807) is 13.0 Å². The maximum atomic E-state index is 11.8. The van der Waals surface area contributed by atoms with Gasteiger partial charge in [-0.3, -0.25) is 4.79 Å². The Morgan fingerprint density at radius 3 is 3.05 bits per heavy atom. The molecule has 1 fully saturated rings. The van der Waals surface area contributed by atoms with E-state index in [-0.39, 0.29) is 24.4 Å². The molecule has 1 saturated heterocycles. The van der Waals surface area contributed by atoms with Crippen LogP contribution in [0.3, 0.4) is 0 Å². The third-order valence-corrected chi connectivity index (χ3v) is 3.84. The molecule has 3 N–H and O–H groups in total. The molecule has 0 spiro atoms. The van der Waals surface area contributed by atoms with Gasteiger partial charge in [-0.25, -0.2) is 0 Å². The number of nitrogens with one attached hydrogen (secondary N) is 1. The van der Waals surface area contributed by atoms with Gasteiger partial charge >= 0.3 is 0 Å². The van der Waals surface area contributed by atoms with E-state index < -0.39 is 0 Å². The number of piperidine rings is 1. The first-order valence-electron chi connectivity index (χ1n) is 7.25. The molecule has 2 unspecified atom stereocenters. The summed E-state index contributed by atoms with van der Waals surface area (Å²) >= 11 is 0. The van der Waals surface area contributed by atoms with Gasteiger partial charge in [-0.15, -0.1) is 12.4 Å². The molecular weight excluding hydrogens is 292 g/mol. The molecule has 1 aliphatic rings. The van der Waals surface area contributed by atoms with Crippen molar-refractivity contribution >= 4 is 24.1 Å². The van der Waals surface area contributed by atoms with Crippen LogP contribution < -0.4 is 11.1 Å². The minimum Gasteiger partial charge on any atom is -0.360 e. The number of carbonyl (C=O) groups excluding carboxylic acids is 1. The molecule has 0 saturated carbocycles. The number of hydrogen-bond acceptors (Lipinski definition) is 5. The van der Waals surface area contributed by atoms with E-state index in [1.807, 2.05) is 0 Å². The van der Waals surface area contributed by atoms with Crippen LogP contribution in [0, 0.1) is 12.8 Å². The van der Waals surface area contributed by atoms with Crippen LogP contribution in [-0.4, -0.2) is 41.6 Å². The number of hydrogen-bond donors (Lipinski definition) is 2. The number of nitrogens with zero attached hydrogens (tertiary/aromatic N) is 2. The van der Waals surface area contributed by atoms with Crippen molar-refractivity contribution in [1.29, 1.82) is 0 Å². The summed E-state index contributed by atoms with van der Waals surface area (Å²) < 4.78 is 4.91. The number of rotatable bonds is 5. The minimum atomic E-state index is -0.0266. The van der Waals surface area contributed by atoms with E-state index >= 15 is 0 Å². The molecule has 1 aliphatic heterocycles. The molecule has 2 heterocycles. The van der Waals surface area contributed by atoms with E-state index in [0.717, 1.165) is 26.1 Å². The predicted octanol–water partition coefficient (Wildman–Crippen LogP) is 1.79. The maximum Gasteiger partial charge on any atom is 0.226 e. The van der Waals surface area contributed by atoms with Crippen LogP contribution in [0.25, 0.3) is 0 Å². The fraction of sp³-hybridized carbons (Fsp3) is 0.714. The maximum absolute atomic E-state index is 11.8. The van der Waals surface area contributed by atoms with Crippen LogP contribution >= 0.6 is 12.4 Å². The quantitative estimate of drug-likeness (QED) is 0.865. The topological polar surface area (TPSA) is 84.4 Å². The summed E-state index contributed by atoms with van der Waals surface area (Å²) in [7, 11) is 0. The van der Waals surface area contributed by atoms with Crippen LogP contribution in [0.2, 0.25) is 0 Å². The molecule has 1 amide bonds. The molecule has 21 heavy (non-hydrogen) atoms. The minimum absolute atomic E-state index is 0. The molecule has 0 aromatic carbocycles. The van der Waals surface area contributed by atoms with Gasteiger partial charge in [-0.1, -0.05) is 5.16 Å². The van der Waals surface area contributed by atoms with Gasteiger partial charge in [0.05, 0.1) is 0 Å². The van der Waals surface area contributed by atoms with Gasteiger partial charge in [0, 0.05) is 31.6 Å². The number of halogens is 1.